The van der Waals surface area contributed by atoms with Crippen LogP contribution in [0.3, 0.4) is 0 Å². The second-order valence-electron chi connectivity index (χ2n) is 9.14. The van der Waals surface area contributed by atoms with Crippen molar-refractivity contribution in [3.05, 3.63) is 65.7 Å². The Kier molecular flexibility index (Phi) is 12.7. The first-order valence-electron chi connectivity index (χ1n) is 12.4. The van der Waals surface area contributed by atoms with Gasteiger partial charge in [0.05, 0.1) is 12.1 Å². The van der Waals surface area contributed by atoms with E-state index in [0.717, 1.165) is 0 Å². The number of hydrogen-bond acceptors (Lipinski definition) is 8. The molecule has 0 fully saturated rings. The molecule has 8 N–H and O–H groups in total. The number of phenols is 1. The summed E-state index contributed by atoms with van der Waals surface area (Å²) in [5, 5.41) is 36.7. The average molecular weight is 561 g/mol. The molecule has 3 amide bonds. The molecule has 2 rings (SSSR count). The Hall–Kier alpha value is -3.61. The highest BCUT2D eigenvalue weighted by Crippen LogP contribution is 2.11. The molecule has 212 valence electrons. The summed E-state index contributed by atoms with van der Waals surface area (Å²) >= 11 is 1.44. The van der Waals surface area contributed by atoms with E-state index in [-0.39, 0.29) is 25.0 Å². The summed E-state index contributed by atoms with van der Waals surface area (Å²) in [5.74, 6) is -2.86. The molecule has 12 heteroatoms. The van der Waals surface area contributed by atoms with Crippen LogP contribution in [0, 0.1) is 0 Å². The summed E-state index contributed by atoms with van der Waals surface area (Å²) in [7, 11) is 0. The van der Waals surface area contributed by atoms with Gasteiger partial charge >= 0.3 is 5.97 Å². The Balaban J connectivity index is 2.16. The van der Waals surface area contributed by atoms with Crippen molar-refractivity contribution < 1.29 is 34.5 Å². The van der Waals surface area contributed by atoms with Gasteiger partial charge in [0.2, 0.25) is 17.7 Å². The zero-order valence-corrected chi connectivity index (χ0v) is 22.7. The molecule has 39 heavy (non-hydrogen) atoms. The fourth-order valence-electron chi connectivity index (χ4n) is 3.73. The molecule has 0 spiro atoms. The van der Waals surface area contributed by atoms with Crippen molar-refractivity contribution in [2.45, 2.75) is 56.5 Å². The number of nitrogens with one attached hydrogen (secondary N) is 3. The molecule has 0 aliphatic carbocycles. The fraction of sp³-hybridized carbons (Fsp3) is 0.407. The number of thioether (sulfide) groups is 1. The molecule has 0 radical (unpaired) electrons. The topological polar surface area (TPSA) is 191 Å². The number of amides is 3. The highest BCUT2D eigenvalue weighted by atomic mass is 32.2. The van der Waals surface area contributed by atoms with Crippen molar-refractivity contribution in [1.82, 2.24) is 16.0 Å². The molecule has 0 aliphatic rings. The van der Waals surface area contributed by atoms with Gasteiger partial charge in [0.25, 0.3) is 0 Å². The Labute approximate surface area is 231 Å². The molecule has 0 aromatic heterocycles. The number of carbonyl (C=O) groups is 4. The summed E-state index contributed by atoms with van der Waals surface area (Å²) in [4.78, 5) is 50.7. The number of hydrogen-bond donors (Lipinski definition) is 7. The van der Waals surface area contributed by atoms with Gasteiger partial charge in [0.15, 0.2) is 0 Å². The number of carboxylic acid groups (broad SMARTS) is 1. The molecule has 5 unspecified atom stereocenters. The van der Waals surface area contributed by atoms with Crippen molar-refractivity contribution in [3.63, 3.8) is 0 Å². The number of phenolic OH excluding ortho intramolecular Hbond substituents is 1. The van der Waals surface area contributed by atoms with E-state index in [1.807, 2.05) is 6.26 Å². The summed E-state index contributed by atoms with van der Waals surface area (Å²) in [6.07, 6.45) is 0.850. The normalized spacial score (nSPS) is 14.8. The van der Waals surface area contributed by atoms with Gasteiger partial charge in [-0.3, -0.25) is 14.4 Å². The first kappa shape index (κ1) is 31.6. The minimum atomic E-state index is -1.43. The lowest BCUT2D eigenvalue weighted by atomic mass is 10.0. The number of nitrogens with two attached hydrogens (primary N) is 1. The molecule has 0 bridgehead atoms. The van der Waals surface area contributed by atoms with Gasteiger partial charge in [0.1, 0.15) is 23.9 Å². The largest absolute Gasteiger partial charge is 0.508 e. The van der Waals surface area contributed by atoms with E-state index in [0.29, 0.717) is 16.9 Å². The van der Waals surface area contributed by atoms with Crippen molar-refractivity contribution in [2.75, 3.05) is 12.0 Å². The minimum Gasteiger partial charge on any atom is -0.508 e. The number of aliphatic hydroxyl groups is 1. The van der Waals surface area contributed by atoms with Crippen molar-refractivity contribution in [1.29, 1.82) is 0 Å². The number of carbonyl (C=O) groups excluding carboxylic acids is 3. The lowest BCUT2D eigenvalue weighted by Gasteiger charge is -2.26. The number of aliphatic hydroxyl groups excluding tert-OH is 1. The Morgan fingerprint density at radius 3 is 2.00 bits per heavy atom. The SMILES string of the molecule is CSCCC(NC(=O)C(Cc1ccccc1)NC(=O)C(NC(=O)C(N)Cc1ccc(O)cc1)C(C)O)C(=O)O. The van der Waals surface area contributed by atoms with Crippen LogP contribution < -0.4 is 21.7 Å². The molecule has 2 aromatic rings. The zero-order valence-electron chi connectivity index (χ0n) is 21.9. The highest BCUT2D eigenvalue weighted by Gasteiger charge is 2.32. The molecule has 0 heterocycles. The number of aromatic hydroxyl groups is 1. The van der Waals surface area contributed by atoms with Crippen molar-refractivity contribution in [3.8, 4) is 5.75 Å². The lowest BCUT2D eigenvalue weighted by Crippen LogP contribution is -2.60. The van der Waals surface area contributed by atoms with Gasteiger partial charge in [-0.15, -0.1) is 0 Å². The van der Waals surface area contributed by atoms with Gasteiger partial charge in [-0.05, 0) is 55.0 Å². The maximum atomic E-state index is 13.2. The molecule has 11 nitrogen and oxygen atoms in total. The number of benzene rings is 2. The highest BCUT2D eigenvalue weighted by molar-refractivity contribution is 7.98. The van der Waals surface area contributed by atoms with E-state index in [4.69, 9.17) is 5.73 Å². The third-order valence-corrected chi connectivity index (χ3v) is 6.58. The fourth-order valence-corrected chi connectivity index (χ4v) is 4.20. The van der Waals surface area contributed by atoms with Crippen LogP contribution in [0.5, 0.6) is 5.75 Å². The van der Waals surface area contributed by atoms with Crippen LogP contribution in [0.2, 0.25) is 0 Å². The third-order valence-electron chi connectivity index (χ3n) is 5.93. The maximum Gasteiger partial charge on any atom is 0.326 e. The van der Waals surface area contributed by atoms with Crippen LogP contribution in [-0.2, 0) is 32.0 Å². The summed E-state index contributed by atoms with van der Waals surface area (Å²) in [6.45, 7) is 1.31. The quantitative estimate of drug-likeness (QED) is 0.159. The van der Waals surface area contributed by atoms with Crippen LogP contribution in [0.1, 0.15) is 24.5 Å². The molecule has 0 saturated carbocycles. The van der Waals surface area contributed by atoms with Crippen molar-refractivity contribution >= 4 is 35.5 Å². The molecular formula is C27H36N4O7S. The predicted molar refractivity (Wildman–Crippen MR) is 148 cm³/mol. The van der Waals surface area contributed by atoms with E-state index in [1.54, 1.807) is 42.5 Å². The Bertz CT molecular complexity index is 1100. The van der Waals surface area contributed by atoms with Crippen LogP contribution in [0.4, 0.5) is 0 Å². The Morgan fingerprint density at radius 2 is 1.44 bits per heavy atom. The monoisotopic (exact) mass is 560 g/mol. The van der Waals surface area contributed by atoms with E-state index in [9.17, 15) is 34.5 Å². The predicted octanol–water partition coefficient (Wildman–Crippen LogP) is 0.178. The maximum absolute atomic E-state index is 13.2. The second-order valence-corrected chi connectivity index (χ2v) is 10.1. The molecule has 0 aliphatic heterocycles. The van der Waals surface area contributed by atoms with Gasteiger partial charge in [-0.25, -0.2) is 4.79 Å². The summed E-state index contributed by atoms with van der Waals surface area (Å²) < 4.78 is 0. The molecule has 5 atom stereocenters. The molecule has 2 aromatic carbocycles. The zero-order chi connectivity index (χ0) is 28.9. The first-order valence-corrected chi connectivity index (χ1v) is 13.8. The molecule has 0 saturated heterocycles. The van der Waals surface area contributed by atoms with Crippen molar-refractivity contribution in [2.24, 2.45) is 5.73 Å². The van der Waals surface area contributed by atoms with Gasteiger partial charge < -0.3 is 37.0 Å². The summed E-state index contributed by atoms with van der Waals surface area (Å²) in [5.41, 5.74) is 7.39. The van der Waals surface area contributed by atoms with Crippen LogP contribution in [0.25, 0.3) is 0 Å². The first-order chi connectivity index (χ1) is 18.5. The summed E-state index contributed by atoms with van der Waals surface area (Å²) in [6, 6.07) is 10.1. The Morgan fingerprint density at radius 1 is 0.846 bits per heavy atom. The third kappa shape index (κ3) is 10.6. The van der Waals surface area contributed by atoms with Gasteiger partial charge in [0, 0.05) is 6.42 Å². The lowest BCUT2D eigenvalue weighted by molar-refractivity contribution is -0.142. The van der Waals surface area contributed by atoms with E-state index >= 15 is 0 Å². The van der Waals surface area contributed by atoms with E-state index < -0.39 is 54.0 Å². The smallest absolute Gasteiger partial charge is 0.326 e. The van der Waals surface area contributed by atoms with E-state index in [2.05, 4.69) is 16.0 Å². The minimum absolute atomic E-state index is 0.0497. The van der Waals surface area contributed by atoms with E-state index in [1.165, 1.54) is 30.8 Å². The van der Waals surface area contributed by atoms with Crippen LogP contribution >= 0.6 is 11.8 Å². The van der Waals surface area contributed by atoms with Crippen LogP contribution in [0.15, 0.2) is 54.6 Å². The average Bonchev–Trinajstić information content (AvgIpc) is 2.90. The number of carboxylic acids is 1. The molecular weight excluding hydrogens is 524 g/mol. The standard InChI is InChI=1S/C27H36N4O7S/c1-16(32)23(31-24(34)20(28)14-18-8-10-19(33)11-9-18)26(36)30-22(15-17-6-4-3-5-7-17)25(35)29-21(27(37)38)12-13-39-2/h3-11,16,20-23,32-33H,12-15,28H2,1-2H3,(H,29,35)(H,30,36)(H,31,34)(H,37,38). The number of rotatable bonds is 15. The van der Waals surface area contributed by atoms with Gasteiger partial charge in [-0.2, -0.15) is 11.8 Å². The van der Waals surface area contributed by atoms with Crippen LogP contribution in [-0.4, -0.2) is 81.3 Å². The van der Waals surface area contributed by atoms with Gasteiger partial charge in [-0.1, -0.05) is 42.5 Å². The second kappa shape index (κ2) is 15.7. The number of aliphatic carboxylic acids is 1.